The molecule has 120 valence electrons. The Bertz CT molecular complexity index is 729. The number of fused-ring (bicyclic) bond motifs is 1. The van der Waals surface area contributed by atoms with E-state index in [9.17, 15) is 9.90 Å². The zero-order valence-corrected chi connectivity index (χ0v) is 13.2. The Kier molecular flexibility index (Phi) is 4.21. The van der Waals surface area contributed by atoms with Gasteiger partial charge in [0.05, 0.1) is 26.0 Å². The molecule has 0 aliphatic carbocycles. The average molecular weight is 313 g/mol. The second kappa shape index (κ2) is 6.30. The zero-order chi connectivity index (χ0) is 16.4. The van der Waals surface area contributed by atoms with Crippen molar-refractivity contribution in [3.63, 3.8) is 0 Å². The van der Waals surface area contributed by atoms with Gasteiger partial charge in [-0.15, -0.1) is 0 Å². The second-order valence-electron chi connectivity index (χ2n) is 5.42. The SMILES string of the molecule is COc1cccc(C(=O)N2CCC(O)c3ccc(OC)cc32)c1. The maximum absolute atomic E-state index is 12.9. The summed E-state index contributed by atoms with van der Waals surface area (Å²) in [6, 6.07) is 12.5. The molecule has 0 aromatic heterocycles. The Morgan fingerprint density at radius 2 is 1.87 bits per heavy atom. The zero-order valence-electron chi connectivity index (χ0n) is 13.2. The molecule has 0 radical (unpaired) electrons. The fraction of sp³-hybridized carbons (Fsp3) is 0.278. The van der Waals surface area contributed by atoms with Crippen LogP contribution in [-0.4, -0.2) is 31.8 Å². The molecule has 1 unspecified atom stereocenters. The van der Waals surface area contributed by atoms with E-state index in [0.29, 0.717) is 35.7 Å². The summed E-state index contributed by atoms with van der Waals surface area (Å²) in [6.45, 7) is 0.456. The van der Waals surface area contributed by atoms with Crippen LogP contribution in [0.5, 0.6) is 11.5 Å². The highest BCUT2D eigenvalue weighted by molar-refractivity contribution is 6.07. The van der Waals surface area contributed by atoms with Crippen molar-refractivity contribution in [1.29, 1.82) is 0 Å². The number of carbonyl (C=O) groups is 1. The second-order valence-corrected chi connectivity index (χ2v) is 5.42. The molecule has 1 aliphatic rings. The number of aliphatic hydroxyl groups excluding tert-OH is 1. The summed E-state index contributed by atoms with van der Waals surface area (Å²) in [5, 5.41) is 10.2. The largest absolute Gasteiger partial charge is 0.497 e. The summed E-state index contributed by atoms with van der Waals surface area (Å²) < 4.78 is 10.4. The molecular weight excluding hydrogens is 294 g/mol. The van der Waals surface area contributed by atoms with E-state index in [-0.39, 0.29) is 5.91 Å². The van der Waals surface area contributed by atoms with Crippen LogP contribution in [0.2, 0.25) is 0 Å². The Balaban J connectivity index is 2.00. The molecule has 1 N–H and O–H groups in total. The van der Waals surface area contributed by atoms with Crippen LogP contribution in [0.15, 0.2) is 42.5 Å². The fourth-order valence-corrected chi connectivity index (χ4v) is 2.82. The van der Waals surface area contributed by atoms with E-state index in [1.807, 2.05) is 6.07 Å². The highest BCUT2D eigenvalue weighted by Crippen LogP contribution is 2.37. The van der Waals surface area contributed by atoms with Gasteiger partial charge in [0.15, 0.2) is 0 Å². The van der Waals surface area contributed by atoms with Crippen LogP contribution in [0.25, 0.3) is 0 Å². The normalized spacial score (nSPS) is 16.7. The predicted octanol–water partition coefficient (Wildman–Crippen LogP) is 2.79. The minimum atomic E-state index is -0.565. The summed E-state index contributed by atoms with van der Waals surface area (Å²) >= 11 is 0. The van der Waals surface area contributed by atoms with Gasteiger partial charge in [-0.05, 0) is 30.7 Å². The Morgan fingerprint density at radius 3 is 2.61 bits per heavy atom. The quantitative estimate of drug-likeness (QED) is 0.946. The number of amides is 1. The first-order chi connectivity index (χ1) is 11.1. The van der Waals surface area contributed by atoms with Crippen LogP contribution in [0.3, 0.4) is 0 Å². The monoisotopic (exact) mass is 313 g/mol. The van der Waals surface area contributed by atoms with Crippen molar-refractivity contribution in [2.75, 3.05) is 25.7 Å². The van der Waals surface area contributed by atoms with Crippen molar-refractivity contribution >= 4 is 11.6 Å². The minimum absolute atomic E-state index is 0.120. The van der Waals surface area contributed by atoms with Crippen molar-refractivity contribution < 1.29 is 19.4 Å². The molecule has 3 rings (SSSR count). The topological polar surface area (TPSA) is 59.0 Å². The third-order valence-electron chi connectivity index (χ3n) is 4.08. The van der Waals surface area contributed by atoms with E-state index in [2.05, 4.69) is 0 Å². The van der Waals surface area contributed by atoms with Gasteiger partial charge < -0.3 is 19.5 Å². The first-order valence-corrected chi connectivity index (χ1v) is 7.46. The van der Waals surface area contributed by atoms with Crippen LogP contribution < -0.4 is 14.4 Å². The van der Waals surface area contributed by atoms with Crippen molar-refractivity contribution in [3.8, 4) is 11.5 Å². The molecular formula is C18H19NO4. The van der Waals surface area contributed by atoms with E-state index in [0.717, 1.165) is 5.56 Å². The lowest BCUT2D eigenvalue weighted by Crippen LogP contribution is -2.36. The number of ether oxygens (including phenoxy) is 2. The molecule has 0 spiro atoms. The number of carbonyl (C=O) groups excluding carboxylic acids is 1. The lowest BCUT2D eigenvalue weighted by atomic mass is 9.97. The molecule has 2 aromatic rings. The molecule has 2 aromatic carbocycles. The summed E-state index contributed by atoms with van der Waals surface area (Å²) in [4.78, 5) is 14.6. The van der Waals surface area contributed by atoms with Gasteiger partial charge in [-0.25, -0.2) is 0 Å². The standard InChI is InChI=1S/C18H19NO4/c1-22-13-5-3-4-12(10-13)18(21)19-9-8-17(20)15-7-6-14(23-2)11-16(15)19/h3-7,10-11,17,20H,8-9H2,1-2H3. The van der Waals surface area contributed by atoms with Crippen LogP contribution in [0, 0.1) is 0 Å². The van der Waals surface area contributed by atoms with Crippen molar-refractivity contribution in [1.82, 2.24) is 0 Å². The highest BCUT2D eigenvalue weighted by atomic mass is 16.5. The third kappa shape index (κ3) is 2.87. The number of benzene rings is 2. The van der Waals surface area contributed by atoms with Gasteiger partial charge in [-0.2, -0.15) is 0 Å². The molecule has 1 heterocycles. The summed E-state index contributed by atoms with van der Waals surface area (Å²) in [6.07, 6.45) is -0.0556. The van der Waals surface area contributed by atoms with Crippen molar-refractivity contribution in [3.05, 3.63) is 53.6 Å². The van der Waals surface area contributed by atoms with E-state index >= 15 is 0 Å². The van der Waals surface area contributed by atoms with Crippen molar-refractivity contribution in [2.45, 2.75) is 12.5 Å². The van der Waals surface area contributed by atoms with Gasteiger partial charge in [-0.1, -0.05) is 12.1 Å². The number of anilines is 1. The van der Waals surface area contributed by atoms with Gasteiger partial charge >= 0.3 is 0 Å². The van der Waals surface area contributed by atoms with E-state index in [4.69, 9.17) is 9.47 Å². The molecule has 1 aliphatic heterocycles. The number of methoxy groups -OCH3 is 2. The summed E-state index contributed by atoms with van der Waals surface area (Å²) in [5.74, 6) is 1.17. The molecule has 0 saturated heterocycles. The van der Waals surface area contributed by atoms with Gasteiger partial charge in [0.1, 0.15) is 11.5 Å². The Hall–Kier alpha value is -2.53. The number of rotatable bonds is 3. The molecule has 0 bridgehead atoms. The van der Waals surface area contributed by atoms with Gasteiger partial charge in [0.25, 0.3) is 5.91 Å². The van der Waals surface area contributed by atoms with Crippen molar-refractivity contribution in [2.24, 2.45) is 0 Å². The first kappa shape index (κ1) is 15.4. The summed E-state index contributed by atoms with van der Waals surface area (Å²) in [5.41, 5.74) is 1.98. The Morgan fingerprint density at radius 1 is 1.13 bits per heavy atom. The summed E-state index contributed by atoms with van der Waals surface area (Å²) in [7, 11) is 3.15. The lowest BCUT2D eigenvalue weighted by molar-refractivity contribution is 0.0970. The highest BCUT2D eigenvalue weighted by Gasteiger charge is 2.28. The number of nitrogens with zero attached hydrogens (tertiary/aromatic N) is 1. The molecule has 23 heavy (non-hydrogen) atoms. The molecule has 0 fully saturated rings. The van der Waals surface area contributed by atoms with Gasteiger partial charge in [0, 0.05) is 23.7 Å². The molecule has 5 heteroatoms. The van der Waals surface area contributed by atoms with Crippen LogP contribution >= 0.6 is 0 Å². The maximum Gasteiger partial charge on any atom is 0.258 e. The third-order valence-corrected chi connectivity index (χ3v) is 4.08. The number of aliphatic hydroxyl groups is 1. The van der Waals surface area contributed by atoms with Crippen LogP contribution in [0.1, 0.15) is 28.4 Å². The van der Waals surface area contributed by atoms with Gasteiger partial charge in [-0.3, -0.25) is 4.79 Å². The molecule has 1 amide bonds. The molecule has 1 atom stereocenters. The number of hydrogen-bond acceptors (Lipinski definition) is 4. The molecule has 5 nitrogen and oxygen atoms in total. The first-order valence-electron chi connectivity index (χ1n) is 7.46. The van der Waals surface area contributed by atoms with Crippen LogP contribution in [0.4, 0.5) is 5.69 Å². The van der Waals surface area contributed by atoms with Gasteiger partial charge in [0.2, 0.25) is 0 Å². The average Bonchev–Trinajstić information content (AvgIpc) is 2.61. The Labute approximate surface area is 135 Å². The van der Waals surface area contributed by atoms with E-state index in [1.165, 1.54) is 0 Å². The maximum atomic E-state index is 12.9. The minimum Gasteiger partial charge on any atom is -0.497 e. The van der Waals surface area contributed by atoms with Crippen LogP contribution in [-0.2, 0) is 0 Å². The predicted molar refractivity (Wildman–Crippen MR) is 87.2 cm³/mol. The van der Waals surface area contributed by atoms with E-state index in [1.54, 1.807) is 55.5 Å². The fourth-order valence-electron chi connectivity index (χ4n) is 2.82. The smallest absolute Gasteiger partial charge is 0.258 e. The van der Waals surface area contributed by atoms with E-state index < -0.39 is 6.10 Å². The number of hydrogen-bond donors (Lipinski definition) is 1. The molecule has 0 saturated carbocycles. The lowest BCUT2D eigenvalue weighted by Gasteiger charge is -2.32.